The van der Waals surface area contributed by atoms with Crippen LogP contribution in [0.4, 0.5) is 11.5 Å². The first-order valence-corrected chi connectivity index (χ1v) is 6.28. The zero-order chi connectivity index (χ0) is 12.4. The summed E-state index contributed by atoms with van der Waals surface area (Å²) in [5.41, 5.74) is 6.46. The average molecular weight is 255 g/mol. The molecule has 0 saturated carbocycles. The Morgan fingerprint density at radius 1 is 1.41 bits per heavy atom. The van der Waals surface area contributed by atoms with Crippen molar-refractivity contribution in [3.05, 3.63) is 17.3 Å². The van der Waals surface area contributed by atoms with Crippen molar-refractivity contribution in [1.82, 2.24) is 9.88 Å². The predicted molar refractivity (Wildman–Crippen MR) is 72.6 cm³/mol. The first-order chi connectivity index (χ1) is 8.06. The van der Waals surface area contributed by atoms with E-state index in [0.29, 0.717) is 16.9 Å². The number of pyridine rings is 1. The Hall–Kier alpha value is -1.00. The minimum absolute atomic E-state index is 0.458. The first-order valence-electron chi connectivity index (χ1n) is 5.90. The highest BCUT2D eigenvalue weighted by atomic mass is 35.5. The molecule has 94 valence electrons. The van der Waals surface area contributed by atoms with Gasteiger partial charge in [-0.15, -0.1) is 0 Å². The largest absolute Gasteiger partial charge is 0.399 e. The summed E-state index contributed by atoms with van der Waals surface area (Å²) < 4.78 is 0. The fourth-order valence-corrected chi connectivity index (χ4v) is 2.46. The van der Waals surface area contributed by atoms with Gasteiger partial charge in [0.2, 0.25) is 0 Å². The highest BCUT2D eigenvalue weighted by Gasteiger charge is 2.21. The molecule has 1 fully saturated rings. The molecule has 17 heavy (non-hydrogen) atoms. The van der Waals surface area contributed by atoms with Gasteiger partial charge in [0, 0.05) is 24.8 Å². The van der Waals surface area contributed by atoms with E-state index in [0.717, 1.165) is 31.7 Å². The minimum Gasteiger partial charge on any atom is -0.399 e. The number of likely N-dealkylation sites (tertiary alicyclic amines) is 1. The van der Waals surface area contributed by atoms with Crippen LogP contribution in [0.2, 0.25) is 5.15 Å². The van der Waals surface area contributed by atoms with E-state index < -0.39 is 0 Å². The molecule has 1 aliphatic heterocycles. The second-order valence-corrected chi connectivity index (χ2v) is 5.11. The summed E-state index contributed by atoms with van der Waals surface area (Å²) in [7, 11) is 4.22. The van der Waals surface area contributed by atoms with Gasteiger partial charge in [-0.3, -0.25) is 0 Å². The Morgan fingerprint density at radius 2 is 2.06 bits per heavy atom. The number of nitrogens with zero attached hydrogens (tertiary/aromatic N) is 3. The maximum Gasteiger partial charge on any atom is 0.133 e. The zero-order valence-electron chi connectivity index (χ0n) is 10.4. The second-order valence-electron chi connectivity index (χ2n) is 4.73. The molecule has 1 aliphatic rings. The van der Waals surface area contributed by atoms with Gasteiger partial charge in [0.15, 0.2) is 0 Å². The average Bonchev–Trinajstić information content (AvgIpc) is 2.28. The van der Waals surface area contributed by atoms with E-state index in [1.807, 2.05) is 6.07 Å². The lowest BCUT2D eigenvalue weighted by Crippen LogP contribution is -2.42. The third-order valence-electron chi connectivity index (χ3n) is 3.40. The van der Waals surface area contributed by atoms with Gasteiger partial charge in [-0.2, -0.15) is 0 Å². The van der Waals surface area contributed by atoms with Crippen molar-refractivity contribution in [3.63, 3.8) is 0 Å². The molecule has 0 spiro atoms. The molecule has 0 amide bonds. The Kier molecular flexibility index (Phi) is 3.74. The molecule has 0 radical (unpaired) electrons. The Balaban J connectivity index is 2.10. The summed E-state index contributed by atoms with van der Waals surface area (Å²) in [6, 6.07) is 4.08. The maximum absolute atomic E-state index is 5.93. The number of aromatic nitrogens is 1. The van der Waals surface area contributed by atoms with Crippen LogP contribution in [0, 0.1) is 0 Å². The van der Waals surface area contributed by atoms with Gasteiger partial charge in [-0.1, -0.05) is 11.6 Å². The minimum atomic E-state index is 0.458. The molecule has 2 N–H and O–H groups in total. The van der Waals surface area contributed by atoms with Crippen molar-refractivity contribution in [2.75, 3.05) is 37.8 Å². The third-order valence-corrected chi connectivity index (χ3v) is 3.59. The van der Waals surface area contributed by atoms with Crippen LogP contribution in [-0.2, 0) is 0 Å². The zero-order valence-corrected chi connectivity index (χ0v) is 11.1. The van der Waals surface area contributed by atoms with Crippen LogP contribution in [0.3, 0.4) is 0 Å². The number of hydrogen-bond donors (Lipinski definition) is 1. The molecule has 1 aromatic heterocycles. The molecule has 0 unspecified atom stereocenters. The van der Waals surface area contributed by atoms with Crippen LogP contribution in [0.25, 0.3) is 0 Å². The van der Waals surface area contributed by atoms with Gasteiger partial charge >= 0.3 is 0 Å². The summed E-state index contributed by atoms with van der Waals surface area (Å²) in [6.07, 6.45) is 2.31. The highest BCUT2D eigenvalue weighted by molar-refractivity contribution is 6.29. The van der Waals surface area contributed by atoms with Gasteiger partial charge < -0.3 is 15.5 Å². The predicted octanol–water partition coefficient (Wildman–Crippen LogP) is 1.85. The summed E-state index contributed by atoms with van der Waals surface area (Å²) in [5.74, 6) is 0.865. The quantitative estimate of drug-likeness (QED) is 0.819. The van der Waals surface area contributed by atoms with Crippen molar-refractivity contribution in [2.24, 2.45) is 0 Å². The first kappa shape index (κ1) is 12.5. The van der Waals surface area contributed by atoms with Gasteiger partial charge in [-0.25, -0.2) is 4.98 Å². The van der Waals surface area contributed by atoms with Crippen LogP contribution in [0.5, 0.6) is 0 Å². The lowest BCUT2D eigenvalue weighted by molar-refractivity contribution is 0.252. The van der Waals surface area contributed by atoms with Gasteiger partial charge in [0.25, 0.3) is 0 Å². The number of rotatable bonds is 2. The second kappa shape index (κ2) is 5.10. The van der Waals surface area contributed by atoms with Crippen LogP contribution >= 0.6 is 11.6 Å². The van der Waals surface area contributed by atoms with Gasteiger partial charge in [0.05, 0.1) is 0 Å². The number of nitrogen functional groups attached to an aromatic ring is 1. The Labute approximate surface area is 107 Å². The van der Waals surface area contributed by atoms with Crippen molar-refractivity contribution in [2.45, 2.75) is 18.9 Å². The number of hydrogen-bond acceptors (Lipinski definition) is 4. The normalized spacial score (nSPS) is 18.3. The van der Waals surface area contributed by atoms with E-state index in [2.05, 4.69) is 28.9 Å². The molecular weight excluding hydrogens is 236 g/mol. The van der Waals surface area contributed by atoms with Crippen LogP contribution in [0.1, 0.15) is 12.8 Å². The lowest BCUT2D eigenvalue weighted by Gasteiger charge is -2.35. The smallest absolute Gasteiger partial charge is 0.133 e. The molecule has 2 heterocycles. The fraction of sp³-hybridized carbons (Fsp3) is 0.583. The lowest BCUT2D eigenvalue weighted by atomic mass is 10.0. The fourth-order valence-electron chi connectivity index (χ4n) is 2.25. The topological polar surface area (TPSA) is 45.4 Å². The van der Waals surface area contributed by atoms with Gasteiger partial charge in [0.1, 0.15) is 11.0 Å². The number of halogens is 1. The van der Waals surface area contributed by atoms with Crippen molar-refractivity contribution in [1.29, 1.82) is 0 Å². The van der Waals surface area contributed by atoms with E-state index in [9.17, 15) is 0 Å². The Bertz CT molecular complexity index is 368. The van der Waals surface area contributed by atoms with Crippen LogP contribution < -0.4 is 10.6 Å². The number of nitrogens with two attached hydrogens (primary N) is 1. The molecule has 1 aromatic rings. The van der Waals surface area contributed by atoms with E-state index in [1.165, 1.54) is 0 Å². The van der Waals surface area contributed by atoms with E-state index >= 15 is 0 Å². The van der Waals surface area contributed by atoms with E-state index in [-0.39, 0.29) is 0 Å². The summed E-state index contributed by atoms with van der Waals surface area (Å²) >= 11 is 5.93. The SMILES string of the molecule is CN1CCC(N(C)c2cc(N)cc(Cl)n2)CC1. The summed E-state index contributed by atoms with van der Waals surface area (Å²) in [5, 5.41) is 0.458. The third kappa shape index (κ3) is 3.01. The highest BCUT2D eigenvalue weighted by Crippen LogP contribution is 2.23. The van der Waals surface area contributed by atoms with E-state index in [1.54, 1.807) is 6.07 Å². The van der Waals surface area contributed by atoms with Crippen LogP contribution in [0.15, 0.2) is 12.1 Å². The standard InChI is InChI=1S/C12H19ClN4/c1-16-5-3-10(4-6-16)17(2)12-8-9(14)7-11(13)15-12/h7-8,10H,3-6H2,1-2H3,(H2,14,15). The summed E-state index contributed by atoms with van der Waals surface area (Å²) in [4.78, 5) is 8.87. The molecule has 5 heteroatoms. The summed E-state index contributed by atoms with van der Waals surface area (Å²) in [6.45, 7) is 2.26. The van der Waals surface area contributed by atoms with Crippen LogP contribution in [-0.4, -0.2) is 43.1 Å². The molecule has 1 saturated heterocycles. The Morgan fingerprint density at radius 3 is 2.65 bits per heavy atom. The monoisotopic (exact) mass is 254 g/mol. The molecule has 0 atom stereocenters. The molecule has 4 nitrogen and oxygen atoms in total. The maximum atomic E-state index is 5.93. The molecule has 0 bridgehead atoms. The molecule has 0 aromatic carbocycles. The van der Waals surface area contributed by atoms with E-state index in [4.69, 9.17) is 17.3 Å². The number of anilines is 2. The van der Waals surface area contributed by atoms with Crippen molar-refractivity contribution < 1.29 is 0 Å². The van der Waals surface area contributed by atoms with Crippen molar-refractivity contribution in [3.8, 4) is 0 Å². The molecule has 0 aliphatic carbocycles. The van der Waals surface area contributed by atoms with Gasteiger partial charge in [-0.05, 0) is 39.0 Å². The number of piperidine rings is 1. The molecular formula is C12H19ClN4. The molecule has 2 rings (SSSR count). The van der Waals surface area contributed by atoms with Crippen molar-refractivity contribution >= 4 is 23.1 Å².